The van der Waals surface area contributed by atoms with Crippen LogP contribution in [0.15, 0.2) is 12.7 Å². The largest absolute Gasteiger partial charge is 0.461 e. The van der Waals surface area contributed by atoms with Gasteiger partial charge in [-0.2, -0.15) is 0 Å². The molecule has 15 heavy (non-hydrogen) atoms. The number of rotatable bonds is 3. The van der Waals surface area contributed by atoms with Crippen LogP contribution in [0.4, 0.5) is 0 Å². The lowest BCUT2D eigenvalue weighted by atomic mass is 9.82. The number of hydrogen-bond donors (Lipinski definition) is 0. The lowest BCUT2D eigenvalue weighted by molar-refractivity contribution is -0.154. The maximum Gasteiger partial charge on any atom is 0.312 e. The van der Waals surface area contributed by atoms with Gasteiger partial charge in [-0.25, -0.2) is 0 Å². The Morgan fingerprint density at radius 3 is 3.20 bits per heavy atom. The summed E-state index contributed by atoms with van der Waals surface area (Å²) in [4.78, 5) is 11.9. The lowest BCUT2D eigenvalue weighted by Gasteiger charge is -2.25. The van der Waals surface area contributed by atoms with E-state index in [0.29, 0.717) is 18.8 Å². The Hall–Kier alpha value is -0.830. The minimum absolute atomic E-state index is 0.0986. The molecule has 3 heteroatoms. The first kappa shape index (κ1) is 10.7. The summed E-state index contributed by atoms with van der Waals surface area (Å²) in [6, 6.07) is 0. The third-order valence-electron chi connectivity index (χ3n) is 3.38. The number of fused-ring (bicyclic) bond motifs is 1. The van der Waals surface area contributed by atoms with Gasteiger partial charge < -0.3 is 9.47 Å². The first-order valence-corrected chi connectivity index (χ1v) is 5.59. The fraction of sp³-hybridized carbons (Fsp3) is 0.750. The molecule has 1 saturated heterocycles. The van der Waals surface area contributed by atoms with Crippen molar-refractivity contribution in [2.45, 2.75) is 44.8 Å². The van der Waals surface area contributed by atoms with Crippen LogP contribution in [0.3, 0.4) is 0 Å². The van der Waals surface area contributed by atoms with Crippen LogP contribution < -0.4 is 0 Å². The quantitative estimate of drug-likeness (QED) is 0.406. The molecule has 3 unspecified atom stereocenters. The van der Waals surface area contributed by atoms with E-state index >= 15 is 0 Å². The average Bonchev–Trinajstić information content (AvgIpc) is 2.92. The lowest BCUT2D eigenvalue weighted by Crippen LogP contribution is -2.31. The zero-order valence-electron chi connectivity index (χ0n) is 9.20. The highest BCUT2D eigenvalue weighted by Crippen LogP contribution is 2.44. The monoisotopic (exact) mass is 210 g/mol. The Morgan fingerprint density at radius 1 is 1.67 bits per heavy atom. The number of carbonyl (C=O) groups is 1. The number of esters is 1. The zero-order valence-corrected chi connectivity index (χ0v) is 9.20. The van der Waals surface area contributed by atoms with E-state index in [-0.39, 0.29) is 11.4 Å². The molecule has 0 bridgehead atoms. The van der Waals surface area contributed by atoms with Crippen LogP contribution in [0, 0.1) is 5.41 Å². The van der Waals surface area contributed by atoms with Crippen molar-refractivity contribution in [2.75, 3.05) is 6.61 Å². The molecule has 1 heterocycles. The van der Waals surface area contributed by atoms with Crippen molar-refractivity contribution in [1.82, 2.24) is 0 Å². The van der Waals surface area contributed by atoms with Crippen molar-refractivity contribution in [3.63, 3.8) is 0 Å². The van der Waals surface area contributed by atoms with Crippen molar-refractivity contribution in [3.8, 4) is 0 Å². The van der Waals surface area contributed by atoms with E-state index in [1.165, 1.54) is 0 Å². The summed E-state index contributed by atoms with van der Waals surface area (Å²) < 4.78 is 10.6. The van der Waals surface area contributed by atoms with Crippen LogP contribution in [0.1, 0.15) is 32.6 Å². The van der Waals surface area contributed by atoms with Crippen LogP contribution in [-0.2, 0) is 14.3 Å². The first-order valence-electron chi connectivity index (χ1n) is 5.59. The van der Waals surface area contributed by atoms with Gasteiger partial charge in [-0.05, 0) is 32.6 Å². The Kier molecular flexibility index (Phi) is 2.83. The Balaban J connectivity index is 1.96. The molecule has 3 atom stereocenters. The van der Waals surface area contributed by atoms with Crippen molar-refractivity contribution < 1.29 is 14.3 Å². The molecule has 2 fully saturated rings. The predicted molar refractivity (Wildman–Crippen MR) is 56.4 cm³/mol. The van der Waals surface area contributed by atoms with Crippen LogP contribution in [-0.4, -0.2) is 24.8 Å². The molecule has 84 valence electrons. The Labute approximate surface area is 90.4 Å². The molecule has 1 aliphatic carbocycles. The van der Waals surface area contributed by atoms with Crippen molar-refractivity contribution in [3.05, 3.63) is 12.7 Å². The SMILES string of the molecule is C=CCOC(=O)C1(C)CCCC2OC2C1. The molecule has 2 aliphatic rings. The van der Waals surface area contributed by atoms with Gasteiger partial charge in [-0.15, -0.1) is 0 Å². The molecule has 1 aliphatic heterocycles. The van der Waals surface area contributed by atoms with Gasteiger partial charge >= 0.3 is 5.97 Å². The number of ether oxygens (including phenoxy) is 2. The summed E-state index contributed by atoms with van der Waals surface area (Å²) in [5, 5.41) is 0. The molecule has 0 aromatic rings. The maximum absolute atomic E-state index is 11.9. The number of carbonyl (C=O) groups excluding carboxylic acids is 1. The van der Waals surface area contributed by atoms with Crippen LogP contribution in [0.5, 0.6) is 0 Å². The number of hydrogen-bond acceptors (Lipinski definition) is 3. The standard InChI is InChI=1S/C12H18O3/c1-3-7-14-11(13)12(2)6-4-5-9-10(8-12)15-9/h3,9-10H,1,4-8H2,2H3. The molecule has 0 radical (unpaired) electrons. The Bertz CT molecular complexity index is 274. The van der Waals surface area contributed by atoms with E-state index in [4.69, 9.17) is 9.47 Å². The highest BCUT2D eigenvalue weighted by molar-refractivity contribution is 5.76. The summed E-state index contributed by atoms with van der Waals surface area (Å²) in [6.45, 7) is 5.84. The molecule has 1 saturated carbocycles. The molecule has 0 N–H and O–H groups in total. The summed E-state index contributed by atoms with van der Waals surface area (Å²) in [6.07, 6.45) is 6.20. The van der Waals surface area contributed by atoms with Gasteiger partial charge in [0.05, 0.1) is 17.6 Å². The van der Waals surface area contributed by atoms with Gasteiger partial charge in [0.25, 0.3) is 0 Å². The van der Waals surface area contributed by atoms with Crippen molar-refractivity contribution in [1.29, 1.82) is 0 Å². The van der Waals surface area contributed by atoms with Gasteiger partial charge in [-0.1, -0.05) is 12.7 Å². The van der Waals surface area contributed by atoms with Crippen LogP contribution >= 0.6 is 0 Å². The van der Waals surface area contributed by atoms with Crippen LogP contribution in [0.25, 0.3) is 0 Å². The van der Waals surface area contributed by atoms with E-state index in [1.54, 1.807) is 6.08 Å². The smallest absolute Gasteiger partial charge is 0.312 e. The van der Waals surface area contributed by atoms with Crippen molar-refractivity contribution in [2.24, 2.45) is 5.41 Å². The van der Waals surface area contributed by atoms with Gasteiger partial charge in [0.15, 0.2) is 0 Å². The predicted octanol–water partition coefficient (Wildman–Crippen LogP) is 2.06. The summed E-state index contributed by atoms with van der Waals surface area (Å²) in [5.74, 6) is -0.0986. The molecule has 0 aromatic heterocycles. The first-order chi connectivity index (χ1) is 7.15. The zero-order chi connectivity index (χ0) is 10.9. The third kappa shape index (κ3) is 2.23. The molecule has 0 aromatic carbocycles. The van der Waals surface area contributed by atoms with E-state index < -0.39 is 0 Å². The summed E-state index contributed by atoms with van der Waals surface area (Å²) in [7, 11) is 0. The van der Waals surface area contributed by atoms with E-state index in [9.17, 15) is 4.79 Å². The van der Waals surface area contributed by atoms with E-state index in [0.717, 1.165) is 25.7 Å². The summed E-state index contributed by atoms with van der Waals surface area (Å²) >= 11 is 0. The Morgan fingerprint density at radius 2 is 2.47 bits per heavy atom. The fourth-order valence-electron chi connectivity index (χ4n) is 2.35. The average molecular weight is 210 g/mol. The topological polar surface area (TPSA) is 38.8 Å². The molecule has 0 spiro atoms. The van der Waals surface area contributed by atoms with Crippen molar-refractivity contribution >= 4 is 5.97 Å². The third-order valence-corrected chi connectivity index (χ3v) is 3.38. The van der Waals surface area contributed by atoms with Gasteiger partial charge in [0.2, 0.25) is 0 Å². The molecule has 2 rings (SSSR count). The van der Waals surface area contributed by atoms with E-state index in [1.807, 2.05) is 6.92 Å². The number of epoxide rings is 1. The van der Waals surface area contributed by atoms with E-state index in [2.05, 4.69) is 6.58 Å². The summed E-state index contributed by atoms with van der Waals surface area (Å²) in [5.41, 5.74) is -0.348. The minimum atomic E-state index is -0.348. The minimum Gasteiger partial charge on any atom is -0.461 e. The fourth-order valence-corrected chi connectivity index (χ4v) is 2.35. The highest BCUT2D eigenvalue weighted by Gasteiger charge is 2.49. The second kappa shape index (κ2) is 3.97. The second-order valence-corrected chi connectivity index (χ2v) is 4.76. The van der Waals surface area contributed by atoms with Gasteiger partial charge in [-0.3, -0.25) is 4.79 Å². The molecule has 3 nitrogen and oxygen atoms in total. The second-order valence-electron chi connectivity index (χ2n) is 4.76. The highest BCUT2D eigenvalue weighted by atomic mass is 16.6. The molecule has 0 amide bonds. The van der Waals surface area contributed by atoms with Gasteiger partial charge in [0, 0.05) is 0 Å². The van der Waals surface area contributed by atoms with Gasteiger partial charge in [0.1, 0.15) is 6.61 Å². The normalized spacial score (nSPS) is 38.7. The van der Waals surface area contributed by atoms with Crippen LogP contribution in [0.2, 0.25) is 0 Å². The molecular formula is C12H18O3. The maximum atomic E-state index is 11.9. The molecular weight excluding hydrogens is 192 g/mol.